The molecule has 1 aliphatic carbocycles. The zero-order valence-corrected chi connectivity index (χ0v) is 13.1. The lowest BCUT2D eigenvalue weighted by atomic mass is 10.1. The van der Waals surface area contributed by atoms with Crippen molar-refractivity contribution in [2.24, 2.45) is 5.92 Å². The maximum atomic E-state index is 11.6. The minimum Gasteiger partial charge on any atom is -0.379 e. The SMILES string of the molecule is CC(=O)c1ccc(Br)cc1N(C)CCOCC1CC1. The molecule has 19 heavy (non-hydrogen) atoms. The highest BCUT2D eigenvalue weighted by Gasteiger charge is 2.21. The Kier molecular flexibility index (Phi) is 4.99. The third kappa shape index (κ3) is 4.32. The van der Waals surface area contributed by atoms with Crippen molar-refractivity contribution in [3.05, 3.63) is 28.2 Å². The molecule has 0 atom stereocenters. The second kappa shape index (κ2) is 6.53. The molecule has 0 unspecified atom stereocenters. The lowest BCUT2D eigenvalue weighted by molar-refractivity contribution is 0.101. The molecule has 4 heteroatoms. The number of nitrogens with zero attached hydrogens (tertiary/aromatic N) is 1. The summed E-state index contributed by atoms with van der Waals surface area (Å²) in [5, 5.41) is 0. The van der Waals surface area contributed by atoms with Gasteiger partial charge in [-0.25, -0.2) is 0 Å². The summed E-state index contributed by atoms with van der Waals surface area (Å²) in [5.74, 6) is 0.886. The van der Waals surface area contributed by atoms with Gasteiger partial charge >= 0.3 is 0 Å². The average Bonchev–Trinajstić information content (AvgIpc) is 3.18. The van der Waals surface area contributed by atoms with Crippen molar-refractivity contribution in [3.8, 4) is 0 Å². The van der Waals surface area contributed by atoms with Crippen molar-refractivity contribution in [2.75, 3.05) is 31.7 Å². The molecule has 0 radical (unpaired) electrons. The second-order valence-corrected chi connectivity index (χ2v) is 6.07. The van der Waals surface area contributed by atoms with Gasteiger partial charge in [0.2, 0.25) is 0 Å². The van der Waals surface area contributed by atoms with Crippen LogP contribution in [0.3, 0.4) is 0 Å². The summed E-state index contributed by atoms with van der Waals surface area (Å²) in [5.41, 5.74) is 1.71. The molecule has 0 aromatic heterocycles. The number of carbonyl (C=O) groups excluding carboxylic acids is 1. The number of carbonyl (C=O) groups is 1. The van der Waals surface area contributed by atoms with E-state index in [1.165, 1.54) is 12.8 Å². The third-order valence-corrected chi connectivity index (χ3v) is 3.87. The molecule has 1 fully saturated rings. The molecular weight excluding hydrogens is 306 g/mol. The maximum absolute atomic E-state index is 11.6. The zero-order valence-electron chi connectivity index (χ0n) is 11.5. The monoisotopic (exact) mass is 325 g/mol. The van der Waals surface area contributed by atoms with Crippen LogP contribution in [-0.4, -0.2) is 32.6 Å². The van der Waals surface area contributed by atoms with Crippen LogP contribution in [0.5, 0.6) is 0 Å². The molecule has 0 bridgehead atoms. The van der Waals surface area contributed by atoms with E-state index >= 15 is 0 Å². The summed E-state index contributed by atoms with van der Waals surface area (Å²) < 4.78 is 6.63. The van der Waals surface area contributed by atoms with Gasteiger partial charge in [0.05, 0.1) is 6.61 Å². The molecule has 104 valence electrons. The van der Waals surface area contributed by atoms with E-state index < -0.39 is 0 Å². The maximum Gasteiger partial charge on any atom is 0.161 e. The second-order valence-electron chi connectivity index (χ2n) is 5.16. The van der Waals surface area contributed by atoms with Crippen LogP contribution in [0.25, 0.3) is 0 Å². The first-order chi connectivity index (χ1) is 9.08. The number of Topliss-reactive ketones (excluding diaryl/α,β-unsaturated/α-hetero) is 1. The molecule has 0 N–H and O–H groups in total. The van der Waals surface area contributed by atoms with Crippen LogP contribution >= 0.6 is 15.9 Å². The van der Waals surface area contributed by atoms with E-state index in [1.807, 2.05) is 25.2 Å². The molecular formula is C15H20BrNO2. The highest BCUT2D eigenvalue weighted by atomic mass is 79.9. The zero-order chi connectivity index (χ0) is 13.8. The van der Waals surface area contributed by atoms with Crippen LogP contribution in [0.1, 0.15) is 30.1 Å². The normalized spacial score (nSPS) is 14.5. The minimum absolute atomic E-state index is 0.0910. The Morgan fingerprint density at radius 2 is 2.21 bits per heavy atom. The number of ketones is 1. The number of halogens is 1. The fourth-order valence-corrected chi connectivity index (χ4v) is 2.32. The van der Waals surface area contributed by atoms with E-state index in [9.17, 15) is 4.79 Å². The predicted octanol–water partition coefficient (Wildman–Crippen LogP) is 3.51. The van der Waals surface area contributed by atoms with Gasteiger partial charge in [-0.3, -0.25) is 4.79 Å². The number of hydrogen-bond donors (Lipinski definition) is 0. The standard InChI is InChI=1S/C15H20BrNO2/c1-11(18)14-6-5-13(16)9-15(14)17(2)7-8-19-10-12-3-4-12/h5-6,9,12H,3-4,7-8,10H2,1-2H3. The third-order valence-electron chi connectivity index (χ3n) is 3.37. The van der Waals surface area contributed by atoms with Gasteiger partial charge in [0.15, 0.2) is 5.78 Å². The summed E-state index contributed by atoms with van der Waals surface area (Å²) in [6.07, 6.45) is 2.63. The lowest BCUT2D eigenvalue weighted by Gasteiger charge is -2.22. The van der Waals surface area contributed by atoms with Crippen LogP contribution in [0.15, 0.2) is 22.7 Å². The van der Waals surface area contributed by atoms with Gasteiger partial charge in [-0.2, -0.15) is 0 Å². The van der Waals surface area contributed by atoms with Gasteiger partial charge in [-0.05, 0) is 43.9 Å². The Labute approximate surface area is 123 Å². The van der Waals surface area contributed by atoms with E-state index in [0.29, 0.717) is 6.61 Å². The van der Waals surface area contributed by atoms with Gasteiger partial charge in [0.25, 0.3) is 0 Å². The van der Waals surface area contributed by atoms with E-state index in [-0.39, 0.29) is 5.78 Å². The predicted molar refractivity (Wildman–Crippen MR) is 81.0 cm³/mol. The fraction of sp³-hybridized carbons (Fsp3) is 0.533. The Hall–Kier alpha value is -0.870. The first kappa shape index (κ1) is 14.5. The number of ether oxygens (including phenoxy) is 1. The van der Waals surface area contributed by atoms with E-state index in [2.05, 4.69) is 20.8 Å². The molecule has 0 amide bonds. The number of likely N-dealkylation sites (N-methyl/N-ethyl adjacent to an activating group) is 1. The Morgan fingerprint density at radius 3 is 2.84 bits per heavy atom. The van der Waals surface area contributed by atoms with E-state index in [0.717, 1.165) is 34.8 Å². The molecule has 0 heterocycles. The molecule has 0 saturated heterocycles. The van der Waals surface area contributed by atoms with Gasteiger partial charge in [-0.15, -0.1) is 0 Å². The fourth-order valence-electron chi connectivity index (χ4n) is 1.97. The summed E-state index contributed by atoms with van der Waals surface area (Å²) in [7, 11) is 1.99. The lowest BCUT2D eigenvalue weighted by Crippen LogP contribution is -2.24. The van der Waals surface area contributed by atoms with Gasteiger partial charge < -0.3 is 9.64 Å². The first-order valence-corrected chi connectivity index (χ1v) is 7.46. The van der Waals surface area contributed by atoms with Crippen molar-refractivity contribution in [3.63, 3.8) is 0 Å². The number of hydrogen-bond acceptors (Lipinski definition) is 3. The number of rotatable bonds is 7. The summed E-state index contributed by atoms with van der Waals surface area (Å²) in [6.45, 7) is 3.98. The molecule has 1 saturated carbocycles. The molecule has 1 aliphatic rings. The van der Waals surface area contributed by atoms with Crippen molar-refractivity contribution in [2.45, 2.75) is 19.8 Å². The number of anilines is 1. The minimum atomic E-state index is 0.0910. The Bertz CT molecular complexity index is 457. The van der Waals surface area contributed by atoms with Crippen molar-refractivity contribution in [1.82, 2.24) is 0 Å². The molecule has 0 spiro atoms. The molecule has 1 aromatic rings. The quantitative estimate of drug-likeness (QED) is 0.567. The van der Waals surface area contributed by atoms with Crippen LogP contribution in [-0.2, 0) is 4.74 Å². The Morgan fingerprint density at radius 1 is 1.47 bits per heavy atom. The van der Waals surface area contributed by atoms with Crippen LogP contribution in [0.4, 0.5) is 5.69 Å². The summed E-state index contributed by atoms with van der Waals surface area (Å²) in [6, 6.07) is 5.75. The van der Waals surface area contributed by atoms with Crippen LogP contribution in [0.2, 0.25) is 0 Å². The molecule has 3 nitrogen and oxygen atoms in total. The molecule has 0 aliphatic heterocycles. The first-order valence-electron chi connectivity index (χ1n) is 6.67. The van der Waals surface area contributed by atoms with Crippen molar-refractivity contribution < 1.29 is 9.53 Å². The van der Waals surface area contributed by atoms with Crippen LogP contribution in [0, 0.1) is 5.92 Å². The number of benzene rings is 1. The van der Waals surface area contributed by atoms with Gasteiger partial charge in [0.1, 0.15) is 0 Å². The smallest absolute Gasteiger partial charge is 0.161 e. The molecule has 2 rings (SSSR count). The highest BCUT2D eigenvalue weighted by molar-refractivity contribution is 9.10. The summed E-state index contributed by atoms with van der Waals surface area (Å²) in [4.78, 5) is 13.7. The van der Waals surface area contributed by atoms with Gasteiger partial charge in [-0.1, -0.05) is 15.9 Å². The topological polar surface area (TPSA) is 29.5 Å². The van der Waals surface area contributed by atoms with E-state index in [4.69, 9.17) is 4.74 Å². The Balaban J connectivity index is 1.93. The largest absolute Gasteiger partial charge is 0.379 e. The van der Waals surface area contributed by atoms with Crippen LogP contribution < -0.4 is 4.90 Å². The average molecular weight is 326 g/mol. The van der Waals surface area contributed by atoms with Crippen molar-refractivity contribution >= 4 is 27.4 Å². The molecule has 1 aromatic carbocycles. The van der Waals surface area contributed by atoms with Gasteiger partial charge in [0, 0.05) is 35.9 Å². The summed E-state index contributed by atoms with van der Waals surface area (Å²) >= 11 is 3.45. The van der Waals surface area contributed by atoms with E-state index in [1.54, 1.807) is 6.92 Å². The highest BCUT2D eigenvalue weighted by Crippen LogP contribution is 2.29. The van der Waals surface area contributed by atoms with Crippen molar-refractivity contribution in [1.29, 1.82) is 0 Å².